The van der Waals surface area contributed by atoms with Crippen molar-refractivity contribution in [2.45, 2.75) is 259 Å². The van der Waals surface area contributed by atoms with Crippen molar-refractivity contribution in [3.63, 3.8) is 0 Å². The monoisotopic (exact) mass is 1240 g/mol. The quantitative estimate of drug-likeness (QED) is 0.0429. The number of benzene rings is 9. The van der Waals surface area contributed by atoms with E-state index in [0.717, 1.165) is 25.7 Å². The highest BCUT2D eigenvalue weighted by Gasteiger charge is 2.47. The third-order valence-corrected chi connectivity index (χ3v) is 23.1. The van der Waals surface area contributed by atoms with Crippen LogP contribution in [0.1, 0.15) is 344 Å². The summed E-state index contributed by atoms with van der Waals surface area (Å²) >= 11 is 0. The van der Waals surface area contributed by atoms with Crippen LogP contribution in [0, 0.1) is 0 Å². The van der Waals surface area contributed by atoms with Crippen LogP contribution >= 0.6 is 0 Å². The normalized spacial score (nSPS) is 16.3. The molecular formula is C94H110. The standard InChI is InChI=1S/C94H110/c1-13-17-21-25-37-75-87-73-35-31-29-33-71(73)83(67-49-41-63(42-50-67)59(5)6)91(87)77(39-27-23-19-15-3)89-81-58-80-82(57-79(81)85(93(75)89)69-53-45-65(46-54-69)61(9)10)90-78(40-28-24-20-16-4)92-84(68-51-43-64(44-52-68)60(7)8)72-34-30-32-36-74(72)88(92)76(38-26-22-18-14-2)94(90)86(80)70-55-47-66(48-56-70)62(11)12/h29-36,41-62,83-86H,13-28,37-40H2,1-12H3. The van der Waals surface area contributed by atoms with E-state index in [9.17, 15) is 0 Å². The lowest BCUT2D eigenvalue weighted by Gasteiger charge is -2.27. The largest absolute Gasteiger partial charge is 0.0654 e. The topological polar surface area (TPSA) is 0 Å². The fourth-order valence-electron chi connectivity index (χ4n) is 18.0. The van der Waals surface area contributed by atoms with Gasteiger partial charge >= 0.3 is 0 Å². The highest BCUT2D eigenvalue weighted by atomic mass is 14.5. The second-order valence-corrected chi connectivity index (χ2v) is 30.5. The average molecular weight is 1240 g/mol. The molecule has 4 aliphatic rings. The van der Waals surface area contributed by atoms with E-state index in [0.29, 0.717) is 23.7 Å². The van der Waals surface area contributed by atoms with Crippen LogP contribution in [0.3, 0.4) is 0 Å². The molecule has 0 aliphatic heterocycles. The van der Waals surface area contributed by atoms with Gasteiger partial charge in [-0.25, -0.2) is 0 Å². The summed E-state index contributed by atoms with van der Waals surface area (Å²) in [5, 5.41) is 0. The number of hydrogen-bond acceptors (Lipinski definition) is 0. The Hall–Kier alpha value is -7.02. The summed E-state index contributed by atoms with van der Waals surface area (Å²) in [6.07, 6.45) is 24.1. The first-order valence-electron chi connectivity index (χ1n) is 38.1. The number of hydrogen-bond donors (Lipinski definition) is 0. The van der Waals surface area contributed by atoms with Crippen LogP contribution in [0.2, 0.25) is 0 Å². The smallest absolute Gasteiger partial charge is 0.0355 e. The van der Waals surface area contributed by atoms with Crippen LogP contribution < -0.4 is 0 Å². The van der Waals surface area contributed by atoms with Crippen molar-refractivity contribution in [1.29, 1.82) is 0 Å². The predicted molar refractivity (Wildman–Crippen MR) is 405 cm³/mol. The molecule has 0 saturated heterocycles. The fourth-order valence-corrected chi connectivity index (χ4v) is 18.0. The van der Waals surface area contributed by atoms with Gasteiger partial charge in [-0.2, -0.15) is 0 Å². The van der Waals surface area contributed by atoms with Crippen molar-refractivity contribution in [1.82, 2.24) is 0 Å². The molecule has 13 rings (SSSR count). The Labute approximate surface area is 568 Å². The maximum atomic E-state index is 2.90. The van der Waals surface area contributed by atoms with E-state index in [1.54, 1.807) is 77.9 Å². The minimum Gasteiger partial charge on any atom is -0.0654 e. The third kappa shape index (κ3) is 12.1. The van der Waals surface area contributed by atoms with Gasteiger partial charge in [0.2, 0.25) is 0 Å². The van der Waals surface area contributed by atoms with Gasteiger partial charge in [0, 0.05) is 23.7 Å². The van der Waals surface area contributed by atoms with Crippen LogP contribution in [0.5, 0.6) is 0 Å². The lowest BCUT2D eigenvalue weighted by Crippen LogP contribution is -2.11. The summed E-state index contributed by atoms with van der Waals surface area (Å²) < 4.78 is 0. The Morgan fingerprint density at radius 3 is 0.723 bits per heavy atom. The first kappa shape index (κ1) is 65.6. The Kier molecular flexibility index (Phi) is 20.1. The summed E-state index contributed by atoms with van der Waals surface area (Å²) in [6.45, 7) is 28.4. The van der Waals surface area contributed by atoms with Gasteiger partial charge in [0.1, 0.15) is 0 Å². The van der Waals surface area contributed by atoms with Crippen molar-refractivity contribution >= 4 is 0 Å². The Balaban J connectivity index is 1.17. The zero-order valence-electron chi connectivity index (χ0n) is 59.8. The molecule has 0 heterocycles. The lowest BCUT2D eigenvalue weighted by molar-refractivity contribution is 0.660. The van der Waals surface area contributed by atoms with E-state index < -0.39 is 0 Å². The highest BCUT2D eigenvalue weighted by molar-refractivity contribution is 6.00. The van der Waals surface area contributed by atoms with E-state index >= 15 is 0 Å². The first-order chi connectivity index (χ1) is 45.9. The number of fused-ring (bicyclic) bond motifs is 12. The first-order valence-corrected chi connectivity index (χ1v) is 38.1. The summed E-state index contributed by atoms with van der Waals surface area (Å²) in [5.41, 5.74) is 42.9. The molecule has 0 aromatic heterocycles. The number of unbranched alkanes of at least 4 members (excludes halogenated alkanes) is 12. The molecule has 4 atom stereocenters. The molecule has 0 nitrogen and oxygen atoms in total. The van der Waals surface area contributed by atoms with Crippen LogP contribution in [-0.4, -0.2) is 0 Å². The molecule has 9 aromatic carbocycles. The molecule has 0 saturated carbocycles. The summed E-state index contributed by atoms with van der Waals surface area (Å²) in [7, 11) is 0. The molecule has 0 N–H and O–H groups in total. The zero-order chi connectivity index (χ0) is 65.3. The van der Waals surface area contributed by atoms with Gasteiger partial charge in [0.05, 0.1) is 0 Å². The molecule has 486 valence electrons. The molecule has 0 bridgehead atoms. The van der Waals surface area contributed by atoms with E-state index in [1.807, 2.05) is 0 Å². The maximum absolute atomic E-state index is 2.90. The summed E-state index contributed by atoms with van der Waals surface area (Å²) in [6, 6.07) is 65.5. The van der Waals surface area contributed by atoms with Crippen LogP contribution in [0.4, 0.5) is 0 Å². The van der Waals surface area contributed by atoms with Gasteiger partial charge in [0.25, 0.3) is 0 Å². The van der Waals surface area contributed by atoms with Crippen molar-refractivity contribution in [3.8, 4) is 44.5 Å². The molecule has 0 radical (unpaired) electrons. The molecule has 94 heavy (non-hydrogen) atoms. The fraction of sp³-hybridized carbons (Fsp3) is 0.426. The maximum Gasteiger partial charge on any atom is 0.0355 e. The lowest BCUT2D eigenvalue weighted by atomic mass is 9.76. The molecule has 4 aliphatic carbocycles. The van der Waals surface area contributed by atoms with Gasteiger partial charge in [-0.05, 0) is 243 Å². The molecule has 0 fully saturated rings. The highest BCUT2D eigenvalue weighted by Crippen LogP contribution is 2.65. The molecule has 0 spiro atoms. The third-order valence-electron chi connectivity index (χ3n) is 23.1. The Bertz CT molecular complexity index is 3850. The van der Waals surface area contributed by atoms with Crippen molar-refractivity contribution in [3.05, 3.63) is 269 Å². The van der Waals surface area contributed by atoms with Crippen molar-refractivity contribution in [2.75, 3.05) is 0 Å². The second kappa shape index (κ2) is 28.7. The Morgan fingerprint density at radius 2 is 0.479 bits per heavy atom. The molecule has 0 heteroatoms. The summed E-state index contributed by atoms with van der Waals surface area (Å²) in [5.74, 6) is 2.38. The minimum atomic E-state index is 0.0918. The van der Waals surface area contributed by atoms with Gasteiger partial charge in [-0.1, -0.05) is 306 Å². The van der Waals surface area contributed by atoms with Crippen molar-refractivity contribution < 1.29 is 0 Å². The SMILES string of the molecule is CCCCCCc1c2c(c(CCCCCC)c3c1C(c1ccc(C(C)C)cc1)c1ccccc1-3)C(c1ccc(C(C)C)cc1)c1cc3c(cc1-2)C(c1ccc(C(C)C)cc1)c1c(CCCCCC)c2c(c(CCCCCC)c1-3)C(c1ccc(C(C)C)cc1)c1ccccc1-2. The number of rotatable bonds is 28. The van der Waals surface area contributed by atoms with Gasteiger partial charge in [-0.3, -0.25) is 0 Å². The van der Waals surface area contributed by atoms with E-state index in [-0.39, 0.29) is 23.7 Å². The molecular weight excluding hydrogens is 1130 g/mol. The minimum absolute atomic E-state index is 0.0918. The van der Waals surface area contributed by atoms with Gasteiger partial charge in [0.15, 0.2) is 0 Å². The van der Waals surface area contributed by atoms with Crippen LogP contribution in [-0.2, 0) is 25.7 Å². The van der Waals surface area contributed by atoms with Gasteiger partial charge < -0.3 is 0 Å². The average Bonchev–Trinajstić information content (AvgIpc) is 1.52. The van der Waals surface area contributed by atoms with Crippen LogP contribution in [0.25, 0.3) is 44.5 Å². The predicted octanol–water partition coefficient (Wildman–Crippen LogP) is 27.3. The molecule has 4 unspecified atom stereocenters. The zero-order valence-corrected chi connectivity index (χ0v) is 59.8. The summed E-state index contributed by atoms with van der Waals surface area (Å²) in [4.78, 5) is 0. The Morgan fingerprint density at radius 1 is 0.245 bits per heavy atom. The van der Waals surface area contributed by atoms with Gasteiger partial charge in [-0.15, -0.1) is 0 Å². The van der Waals surface area contributed by atoms with E-state index in [4.69, 9.17) is 0 Å². The van der Waals surface area contributed by atoms with Crippen molar-refractivity contribution in [2.24, 2.45) is 0 Å². The molecule has 9 aromatic rings. The second-order valence-electron chi connectivity index (χ2n) is 30.5. The van der Waals surface area contributed by atoms with E-state index in [1.165, 1.54) is 181 Å². The van der Waals surface area contributed by atoms with E-state index in [2.05, 4.69) is 241 Å². The molecule has 0 amide bonds. The van der Waals surface area contributed by atoms with Crippen LogP contribution in [0.15, 0.2) is 158 Å².